The Morgan fingerprint density at radius 1 is 1.26 bits per heavy atom. The molecular weight excluding hydrogens is 296 g/mol. The first-order valence-electron chi connectivity index (χ1n) is 8.50. The minimum absolute atomic E-state index is 0.0329. The Hall–Kier alpha value is -1.85. The Kier molecular flexibility index (Phi) is 4.41. The Balaban J connectivity index is 1.82. The number of likely N-dealkylation sites (tertiary alicyclic amines) is 2. The number of ether oxygens (including phenoxy) is 1. The fourth-order valence-corrected chi connectivity index (χ4v) is 4.01. The van der Waals surface area contributed by atoms with Crippen molar-refractivity contribution in [2.75, 3.05) is 32.8 Å². The lowest BCUT2D eigenvalue weighted by Gasteiger charge is -2.47. The molecule has 0 aromatic heterocycles. The summed E-state index contributed by atoms with van der Waals surface area (Å²) in [5.74, 6) is 0.0177. The quantitative estimate of drug-likeness (QED) is 0.775. The maximum atomic E-state index is 13.1. The van der Waals surface area contributed by atoms with Gasteiger partial charge < -0.3 is 14.5 Å². The molecule has 1 aliphatic carbocycles. The van der Waals surface area contributed by atoms with Crippen LogP contribution in [-0.4, -0.2) is 60.4 Å². The molecule has 6 nitrogen and oxygen atoms in total. The molecule has 0 N–H and O–H groups in total. The molecule has 0 unspecified atom stereocenters. The minimum atomic E-state index is -0.624. The Bertz CT molecular complexity index is 539. The standard InChI is InChI=1S/C17H24N2O4/c1-2-23-16(22)19-10-7-17(15(21)18-8-3-4-9-18)6-5-14(20)11-13(17)12-19/h5-6,13H,2-4,7-12H2,1H3/t13-,17-/m0/s1. The zero-order valence-electron chi connectivity index (χ0n) is 13.6. The van der Waals surface area contributed by atoms with Gasteiger partial charge in [-0.15, -0.1) is 0 Å². The summed E-state index contributed by atoms with van der Waals surface area (Å²) < 4.78 is 5.07. The van der Waals surface area contributed by atoms with Crippen LogP contribution >= 0.6 is 0 Å². The van der Waals surface area contributed by atoms with Crippen LogP contribution in [0.15, 0.2) is 12.2 Å². The molecule has 2 atom stereocenters. The molecular formula is C17H24N2O4. The summed E-state index contributed by atoms with van der Waals surface area (Å²) in [6.45, 7) is 4.61. The van der Waals surface area contributed by atoms with Crippen molar-refractivity contribution in [3.63, 3.8) is 0 Å². The van der Waals surface area contributed by atoms with Crippen LogP contribution in [0, 0.1) is 11.3 Å². The van der Waals surface area contributed by atoms with Gasteiger partial charge in [-0.1, -0.05) is 6.08 Å². The monoisotopic (exact) mass is 320 g/mol. The molecule has 6 heteroatoms. The number of piperidine rings is 1. The van der Waals surface area contributed by atoms with E-state index in [0.717, 1.165) is 25.9 Å². The van der Waals surface area contributed by atoms with Crippen LogP contribution in [0.25, 0.3) is 0 Å². The topological polar surface area (TPSA) is 66.9 Å². The molecule has 0 saturated carbocycles. The lowest BCUT2D eigenvalue weighted by atomic mass is 9.64. The third-order valence-corrected chi connectivity index (χ3v) is 5.30. The minimum Gasteiger partial charge on any atom is -0.450 e. The zero-order chi connectivity index (χ0) is 16.4. The number of nitrogens with zero attached hydrogens (tertiary/aromatic N) is 2. The van der Waals surface area contributed by atoms with E-state index in [1.54, 1.807) is 17.9 Å². The van der Waals surface area contributed by atoms with E-state index in [2.05, 4.69) is 0 Å². The highest BCUT2D eigenvalue weighted by Crippen LogP contribution is 2.44. The summed E-state index contributed by atoms with van der Waals surface area (Å²) in [5, 5.41) is 0. The molecule has 126 valence electrons. The first-order chi connectivity index (χ1) is 11.1. The van der Waals surface area contributed by atoms with Crippen molar-refractivity contribution in [2.45, 2.75) is 32.6 Å². The van der Waals surface area contributed by atoms with Gasteiger partial charge >= 0.3 is 6.09 Å². The molecule has 0 bridgehead atoms. The Morgan fingerprint density at radius 2 is 2.00 bits per heavy atom. The molecule has 3 rings (SSSR count). The van der Waals surface area contributed by atoms with Crippen molar-refractivity contribution >= 4 is 17.8 Å². The second kappa shape index (κ2) is 6.34. The molecule has 2 heterocycles. The van der Waals surface area contributed by atoms with Gasteiger partial charge in [0.2, 0.25) is 5.91 Å². The van der Waals surface area contributed by atoms with Crippen LogP contribution < -0.4 is 0 Å². The van der Waals surface area contributed by atoms with Gasteiger partial charge in [-0.3, -0.25) is 9.59 Å². The number of hydrogen-bond donors (Lipinski definition) is 0. The third-order valence-electron chi connectivity index (χ3n) is 5.30. The second-order valence-electron chi connectivity index (χ2n) is 6.64. The normalized spacial score (nSPS) is 30.3. The molecule has 23 heavy (non-hydrogen) atoms. The third kappa shape index (κ3) is 2.86. The summed E-state index contributed by atoms with van der Waals surface area (Å²) >= 11 is 0. The SMILES string of the molecule is CCOC(=O)N1CC[C@@]2(C(=O)N3CCCC3)C=CC(=O)C[C@H]2C1. The van der Waals surface area contributed by atoms with E-state index >= 15 is 0 Å². The van der Waals surface area contributed by atoms with Crippen LogP contribution in [0.3, 0.4) is 0 Å². The van der Waals surface area contributed by atoms with Crippen molar-refractivity contribution < 1.29 is 19.1 Å². The number of amides is 2. The summed E-state index contributed by atoms with van der Waals surface area (Å²) in [4.78, 5) is 40.5. The van der Waals surface area contributed by atoms with Crippen molar-refractivity contribution in [2.24, 2.45) is 11.3 Å². The first kappa shape index (κ1) is 16.0. The van der Waals surface area contributed by atoms with Crippen LogP contribution in [0.1, 0.15) is 32.6 Å². The van der Waals surface area contributed by atoms with Gasteiger partial charge in [-0.05, 0) is 32.3 Å². The molecule has 2 saturated heterocycles. The highest BCUT2D eigenvalue weighted by molar-refractivity contribution is 5.96. The van der Waals surface area contributed by atoms with Gasteiger partial charge in [-0.2, -0.15) is 0 Å². The molecule has 2 aliphatic heterocycles. The lowest BCUT2D eigenvalue weighted by Crippen LogP contribution is -2.57. The first-order valence-corrected chi connectivity index (χ1v) is 8.50. The van der Waals surface area contributed by atoms with Crippen molar-refractivity contribution in [1.82, 2.24) is 9.80 Å². The van der Waals surface area contributed by atoms with E-state index in [9.17, 15) is 14.4 Å². The number of ketones is 1. The highest BCUT2D eigenvalue weighted by Gasteiger charge is 2.51. The lowest BCUT2D eigenvalue weighted by molar-refractivity contribution is -0.145. The number of carbonyl (C=O) groups excluding carboxylic acids is 3. The average Bonchev–Trinajstić information content (AvgIpc) is 3.08. The predicted octanol–water partition coefficient (Wildman–Crippen LogP) is 1.60. The van der Waals surface area contributed by atoms with Crippen molar-refractivity contribution in [1.29, 1.82) is 0 Å². The highest BCUT2D eigenvalue weighted by atomic mass is 16.6. The van der Waals surface area contributed by atoms with E-state index in [-0.39, 0.29) is 23.7 Å². The summed E-state index contributed by atoms with van der Waals surface area (Å²) in [5.41, 5.74) is -0.624. The molecule has 2 fully saturated rings. The molecule has 0 aromatic rings. The van der Waals surface area contributed by atoms with Crippen LogP contribution in [0.2, 0.25) is 0 Å². The Morgan fingerprint density at radius 3 is 2.70 bits per heavy atom. The number of hydrogen-bond acceptors (Lipinski definition) is 4. The maximum Gasteiger partial charge on any atom is 0.409 e. The maximum absolute atomic E-state index is 13.1. The Labute approximate surface area is 136 Å². The van der Waals surface area contributed by atoms with Crippen LogP contribution in [0.4, 0.5) is 4.79 Å². The number of allylic oxidation sites excluding steroid dienone is 1. The fourth-order valence-electron chi connectivity index (χ4n) is 4.01. The average molecular weight is 320 g/mol. The van der Waals surface area contributed by atoms with Gasteiger partial charge in [0.15, 0.2) is 5.78 Å². The van der Waals surface area contributed by atoms with Gasteiger partial charge in [-0.25, -0.2) is 4.79 Å². The largest absolute Gasteiger partial charge is 0.450 e. The van der Waals surface area contributed by atoms with Gasteiger partial charge in [0.05, 0.1) is 12.0 Å². The van der Waals surface area contributed by atoms with Crippen LogP contribution in [-0.2, 0) is 14.3 Å². The molecule has 0 aromatic carbocycles. The van der Waals surface area contributed by atoms with Crippen LogP contribution in [0.5, 0.6) is 0 Å². The zero-order valence-corrected chi connectivity index (χ0v) is 13.6. The van der Waals surface area contributed by atoms with E-state index in [4.69, 9.17) is 4.74 Å². The molecule has 0 radical (unpaired) electrons. The molecule has 3 aliphatic rings. The van der Waals surface area contributed by atoms with Gasteiger partial charge in [0.1, 0.15) is 0 Å². The summed E-state index contributed by atoms with van der Waals surface area (Å²) in [6.07, 6.45) is 6.00. The summed E-state index contributed by atoms with van der Waals surface area (Å²) in [6, 6.07) is 0. The number of carbonyl (C=O) groups is 3. The van der Waals surface area contributed by atoms with Gasteiger partial charge in [0, 0.05) is 38.5 Å². The van der Waals surface area contributed by atoms with E-state index in [0.29, 0.717) is 32.5 Å². The molecule has 0 spiro atoms. The number of fused-ring (bicyclic) bond motifs is 1. The van der Waals surface area contributed by atoms with E-state index in [1.165, 1.54) is 0 Å². The second-order valence-corrected chi connectivity index (χ2v) is 6.64. The van der Waals surface area contributed by atoms with Gasteiger partial charge in [0.25, 0.3) is 0 Å². The summed E-state index contributed by atoms with van der Waals surface area (Å²) in [7, 11) is 0. The smallest absolute Gasteiger partial charge is 0.409 e. The number of rotatable bonds is 2. The van der Waals surface area contributed by atoms with E-state index < -0.39 is 5.41 Å². The van der Waals surface area contributed by atoms with Crippen molar-refractivity contribution in [3.05, 3.63) is 12.2 Å². The molecule has 2 amide bonds. The van der Waals surface area contributed by atoms with E-state index in [1.807, 2.05) is 11.0 Å². The fraction of sp³-hybridized carbons (Fsp3) is 0.706. The van der Waals surface area contributed by atoms with Crippen molar-refractivity contribution in [3.8, 4) is 0 Å². The predicted molar refractivity (Wildman–Crippen MR) is 83.7 cm³/mol.